The van der Waals surface area contributed by atoms with Crippen LogP contribution in [0.3, 0.4) is 0 Å². The van der Waals surface area contributed by atoms with Crippen molar-refractivity contribution >= 4 is 0 Å². The lowest BCUT2D eigenvalue weighted by Crippen LogP contribution is -2.37. The van der Waals surface area contributed by atoms with E-state index in [0.717, 1.165) is 26.2 Å². The Balaban J connectivity index is 1.80. The van der Waals surface area contributed by atoms with Gasteiger partial charge in [0.15, 0.2) is 0 Å². The van der Waals surface area contributed by atoms with Crippen molar-refractivity contribution in [2.75, 3.05) is 0 Å². The minimum absolute atomic E-state index is 1.10. The fourth-order valence-corrected chi connectivity index (χ4v) is 2.28. The summed E-state index contributed by atoms with van der Waals surface area (Å²) in [6.45, 7) is 4.41. The summed E-state index contributed by atoms with van der Waals surface area (Å²) in [4.78, 5) is 0. The third-order valence-corrected chi connectivity index (χ3v) is 3.16. The first kappa shape index (κ1) is 9.63. The predicted molar refractivity (Wildman–Crippen MR) is 58.5 cm³/mol. The molecule has 4 heteroatoms. The van der Waals surface area contributed by atoms with Crippen molar-refractivity contribution in [3.05, 3.63) is 37.4 Å². The quantitative estimate of drug-likeness (QED) is 0.568. The molecule has 0 saturated heterocycles. The van der Waals surface area contributed by atoms with Crippen LogP contribution in [0.15, 0.2) is 37.4 Å². The summed E-state index contributed by atoms with van der Waals surface area (Å²) < 4.78 is 9.11. The summed E-state index contributed by atoms with van der Waals surface area (Å²) in [5.74, 6) is 0. The molecule has 0 fully saturated rings. The number of imidazole rings is 2. The second kappa shape index (κ2) is 4.12. The van der Waals surface area contributed by atoms with E-state index >= 15 is 0 Å². The molecule has 0 aliphatic carbocycles. The minimum atomic E-state index is 1.10. The Morgan fingerprint density at radius 2 is 1.31 bits per heavy atom. The van der Waals surface area contributed by atoms with Crippen LogP contribution in [0, 0.1) is 0 Å². The molecule has 4 bridgehead atoms. The minimum Gasteiger partial charge on any atom is -0.237 e. The molecular weight excluding hydrogens is 200 g/mol. The first-order valence-electron chi connectivity index (χ1n) is 6.00. The molecule has 3 rings (SSSR count). The topological polar surface area (TPSA) is 17.6 Å². The molecule has 0 amide bonds. The molecule has 2 aromatic rings. The van der Waals surface area contributed by atoms with Crippen LogP contribution in [0.25, 0.3) is 0 Å². The summed E-state index contributed by atoms with van der Waals surface area (Å²) in [7, 11) is 0. The lowest BCUT2D eigenvalue weighted by molar-refractivity contribution is -0.726. The number of hydrogen-bond donors (Lipinski definition) is 0. The summed E-state index contributed by atoms with van der Waals surface area (Å²) in [6.07, 6.45) is 15.5. The van der Waals surface area contributed by atoms with Gasteiger partial charge in [0.25, 0.3) is 0 Å². The van der Waals surface area contributed by atoms with E-state index < -0.39 is 0 Å². The van der Waals surface area contributed by atoms with Crippen LogP contribution in [0.5, 0.6) is 0 Å². The third-order valence-electron chi connectivity index (χ3n) is 3.16. The highest BCUT2D eigenvalue weighted by Gasteiger charge is 2.09. The maximum atomic E-state index is 2.28. The molecule has 0 saturated carbocycles. The molecule has 2 aromatic heterocycles. The zero-order chi connectivity index (χ0) is 10.8. The lowest BCUT2D eigenvalue weighted by Gasteiger charge is -1.98. The average Bonchev–Trinajstić information content (AvgIpc) is 2.88. The maximum Gasteiger partial charge on any atom is 0.243 e. The maximum absolute atomic E-state index is 2.28. The van der Waals surface area contributed by atoms with Gasteiger partial charge in [-0.05, 0) is 0 Å². The molecular formula is C12H18N4+2. The molecule has 1 aliphatic rings. The fourth-order valence-electron chi connectivity index (χ4n) is 2.28. The Hall–Kier alpha value is -1.58. The van der Waals surface area contributed by atoms with Gasteiger partial charge >= 0.3 is 0 Å². The number of nitrogens with zero attached hydrogens (tertiary/aromatic N) is 4. The van der Waals surface area contributed by atoms with Gasteiger partial charge in [0, 0.05) is 12.8 Å². The van der Waals surface area contributed by atoms with Crippen LogP contribution in [0.4, 0.5) is 0 Å². The van der Waals surface area contributed by atoms with Crippen molar-refractivity contribution in [3.63, 3.8) is 0 Å². The van der Waals surface area contributed by atoms with Gasteiger partial charge in [-0.3, -0.25) is 0 Å². The molecule has 0 unspecified atom stereocenters. The Kier molecular flexibility index (Phi) is 2.48. The second-order valence-corrected chi connectivity index (χ2v) is 4.49. The predicted octanol–water partition coefficient (Wildman–Crippen LogP) is 0.359. The second-order valence-electron chi connectivity index (χ2n) is 4.49. The summed E-state index contributed by atoms with van der Waals surface area (Å²) in [6, 6.07) is 0. The zero-order valence-electron chi connectivity index (χ0n) is 9.50. The normalized spacial score (nSPS) is 16.5. The third kappa shape index (κ3) is 2.01. The first-order chi connectivity index (χ1) is 7.90. The van der Waals surface area contributed by atoms with Crippen LogP contribution >= 0.6 is 0 Å². The lowest BCUT2D eigenvalue weighted by atomic mass is 10.4. The average molecular weight is 218 g/mol. The number of fused-ring (bicyclic) bond motifs is 4. The van der Waals surface area contributed by atoms with Gasteiger partial charge in [0.05, 0.1) is 26.2 Å². The van der Waals surface area contributed by atoms with E-state index in [9.17, 15) is 0 Å². The SMILES string of the molecule is c1c[n+]2cn1CCCn1cc[n+](c1)CCC2. The number of aromatic nitrogens is 4. The first-order valence-corrected chi connectivity index (χ1v) is 6.00. The standard InChI is InChI=1S/C12H18N4/c1-3-13-7-9-15(11-13)5-2-6-16-10-8-14(4-1)12-16/h7-12H,1-6H2/q+2. The van der Waals surface area contributed by atoms with Crippen LogP contribution in [-0.2, 0) is 26.2 Å². The number of aryl methyl sites for hydroxylation is 4. The van der Waals surface area contributed by atoms with Crippen molar-refractivity contribution in [1.82, 2.24) is 9.13 Å². The van der Waals surface area contributed by atoms with Gasteiger partial charge in [-0.15, -0.1) is 0 Å². The zero-order valence-corrected chi connectivity index (χ0v) is 9.50. The van der Waals surface area contributed by atoms with Crippen LogP contribution in [0.2, 0.25) is 0 Å². The van der Waals surface area contributed by atoms with Crippen molar-refractivity contribution in [1.29, 1.82) is 0 Å². The Morgan fingerprint density at radius 1 is 0.750 bits per heavy atom. The molecule has 16 heavy (non-hydrogen) atoms. The highest BCUT2D eigenvalue weighted by Crippen LogP contribution is 1.96. The highest BCUT2D eigenvalue weighted by molar-refractivity contribution is 4.69. The van der Waals surface area contributed by atoms with Gasteiger partial charge in [0.1, 0.15) is 24.8 Å². The van der Waals surface area contributed by atoms with Crippen molar-refractivity contribution in [3.8, 4) is 0 Å². The van der Waals surface area contributed by atoms with E-state index in [0.29, 0.717) is 0 Å². The fraction of sp³-hybridized carbons (Fsp3) is 0.500. The van der Waals surface area contributed by atoms with Gasteiger partial charge in [-0.2, -0.15) is 0 Å². The van der Waals surface area contributed by atoms with Crippen molar-refractivity contribution < 1.29 is 9.13 Å². The monoisotopic (exact) mass is 218 g/mol. The van der Waals surface area contributed by atoms with E-state index in [1.165, 1.54) is 12.8 Å². The molecule has 0 N–H and O–H groups in total. The Bertz CT molecular complexity index is 388. The highest BCUT2D eigenvalue weighted by atomic mass is 15.1. The molecule has 1 aliphatic heterocycles. The van der Waals surface area contributed by atoms with Crippen LogP contribution in [-0.4, -0.2) is 9.13 Å². The van der Waals surface area contributed by atoms with Gasteiger partial charge < -0.3 is 0 Å². The Labute approximate surface area is 95.4 Å². The van der Waals surface area contributed by atoms with E-state index in [1.54, 1.807) is 0 Å². The van der Waals surface area contributed by atoms with E-state index in [4.69, 9.17) is 0 Å². The van der Waals surface area contributed by atoms with Crippen LogP contribution < -0.4 is 9.13 Å². The van der Waals surface area contributed by atoms with E-state index in [-0.39, 0.29) is 0 Å². The van der Waals surface area contributed by atoms with Crippen molar-refractivity contribution in [2.24, 2.45) is 0 Å². The Morgan fingerprint density at radius 3 is 1.88 bits per heavy atom. The summed E-state index contributed by atoms with van der Waals surface area (Å²) in [5, 5.41) is 0. The number of rotatable bonds is 0. The van der Waals surface area contributed by atoms with Crippen LogP contribution in [0.1, 0.15) is 12.8 Å². The van der Waals surface area contributed by atoms with Crippen molar-refractivity contribution in [2.45, 2.75) is 39.0 Å². The molecule has 0 atom stereocenters. The summed E-state index contributed by atoms with van der Waals surface area (Å²) >= 11 is 0. The number of hydrogen-bond acceptors (Lipinski definition) is 0. The molecule has 3 heterocycles. The molecule has 0 aromatic carbocycles. The van der Waals surface area contributed by atoms with E-state index in [1.807, 2.05) is 0 Å². The largest absolute Gasteiger partial charge is 0.243 e. The molecule has 0 radical (unpaired) electrons. The molecule has 0 spiro atoms. The molecule has 84 valence electrons. The smallest absolute Gasteiger partial charge is 0.237 e. The van der Waals surface area contributed by atoms with Gasteiger partial charge in [0.2, 0.25) is 12.7 Å². The van der Waals surface area contributed by atoms with E-state index in [2.05, 4.69) is 55.7 Å². The van der Waals surface area contributed by atoms with Gasteiger partial charge in [-0.25, -0.2) is 18.3 Å². The summed E-state index contributed by atoms with van der Waals surface area (Å²) in [5.41, 5.74) is 0. The van der Waals surface area contributed by atoms with Gasteiger partial charge in [-0.1, -0.05) is 0 Å². The molecule has 4 nitrogen and oxygen atoms in total.